The van der Waals surface area contributed by atoms with Gasteiger partial charge in [0.25, 0.3) is 0 Å². The fourth-order valence-corrected chi connectivity index (χ4v) is 2.73. The van der Waals surface area contributed by atoms with Gasteiger partial charge in [-0.1, -0.05) is 12.1 Å². The van der Waals surface area contributed by atoms with Crippen molar-refractivity contribution in [2.24, 2.45) is 0 Å². The van der Waals surface area contributed by atoms with Crippen molar-refractivity contribution in [3.63, 3.8) is 0 Å². The van der Waals surface area contributed by atoms with Crippen LogP contribution < -0.4 is 4.74 Å². The lowest BCUT2D eigenvalue weighted by atomic mass is 9.77. The summed E-state index contributed by atoms with van der Waals surface area (Å²) in [4.78, 5) is 4.41. The van der Waals surface area contributed by atoms with Crippen LogP contribution in [0.1, 0.15) is 33.3 Å². The summed E-state index contributed by atoms with van der Waals surface area (Å²) in [6, 6.07) is 9.70. The van der Waals surface area contributed by atoms with Crippen LogP contribution in [0.2, 0.25) is 0 Å². The van der Waals surface area contributed by atoms with Gasteiger partial charge in [0, 0.05) is 11.5 Å². The van der Waals surface area contributed by atoms with Crippen LogP contribution in [0, 0.1) is 0 Å². The number of aliphatic hydroxyl groups excluding tert-OH is 1. The molecule has 25 heavy (non-hydrogen) atoms. The number of hydrogen-bond donors (Lipinski definition) is 1. The van der Waals surface area contributed by atoms with Crippen LogP contribution in [-0.2, 0) is 9.31 Å². The van der Waals surface area contributed by atoms with Crippen molar-refractivity contribution in [2.75, 3.05) is 13.7 Å². The van der Waals surface area contributed by atoms with E-state index in [4.69, 9.17) is 14.0 Å². The van der Waals surface area contributed by atoms with E-state index in [9.17, 15) is 5.11 Å². The molecule has 2 aromatic rings. The molecule has 0 unspecified atom stereocenters. The molecular weight excluding hydrogens is 317 g/mol. The Balaban J connectivity index is 1.91. The molecule has 0 amide bonds. The largest absolute Gasteiger partial charge is 0.492 e. The predicted octanol–water partition coefficient (Wildman–Crippen LogP) is 3.25. The van der Waals surface area contributed by atoms with Crippen molar-refractivity contribution in [1.82, 2.24) is 4.98 Å². The smallest absolute Gasteiger partial charge is 0.481 e. The average Bonchev–Trinajstić information content (AvgIpc) is 2.79. The molecule has 1 N–H and O–H groups in total. The molecule has 1 saturated heterocycles. The van der Waals surface area contributed by atoms with Gasteiger partial charge in [0.05, 0.1) is 30.4 Å². The van der Waals surface area contributed by atoms with Crippen LogP contribution in [0.4, 0.5) is 0 Å². The molecule has 1 fully saturated rings. The molecule has 132 valence electrons. The summed E-state index contributed by atoms with van der Waals surface area (Å²) in [6.45, 7) is 7.86. The third-order valence-electron chi connectivity index (χ3n) is 4.99. The first-order valence-corrected chi connectivity index (χ1v) is 8.37. The zero-order valence-corrected chi connectivity index (χ0v) is 15.4. The van der Waals surface area contributed by atoms with Crippen molar-refractivity contribution in [3.8, 4) is 5.88 Å². The fraction of sp³-hybridized carbons (Fsp3) is 0.421. The molecule has 1 aromatic carbocycles. The molecule has 5 nitrogen and oxygen atoms in total. The molecule has 0 atom stereocenters. The van der Waals surface area contributed by atoms with Crippen molar-refractivity contribution in [2.45, 2.75) is 38.9 Å². The highest BCUT2D eigenvalue weighted by Crippen LogP contribution is 2.38. The Labute approximate surface area is 148 Å². The lowest BCUT2D eigenvalue weighted by molar-refractivity contribution is 0.00578. The molecule has 1 aromatic heterocycles. The molecule has 0 bridgehead atoms. The standard InChI is InChI=1S/C19H24BNO4/c1-18(2)19(3,4)25-20(24-18)15(12-22)11-13-6-8-16-14(10-13)7-9-17(21-16)23-5/h6-11,22H,12H2,1-5H3. The first-order chi connectivity index (χ1) is 11.8. The van der Waals surface area contributed by atoms with Crippen molar-refractivity contribution in [1.29, 1.82) is 0 Å². The number of aliphatic hydroxyl groups is 1. The molecule has 6 heteroatoms. The van der Waals surface area contributed by atoms with Crippen LogP contribution >= 0.6 is 0 Å². The van der Waals surface area contributed by atoms with Crippen LogP contribution in [0.5, 0.6) is 5.88 Å². The summed E-state index contributed by atoms with van der Waals surface area (Å²) in [5, 5.41) is 10.8. The number of methoxy groups -OCH3 is 1. The second-order valence-corrected chi connectivity index (χ2v) is 7.27. The summed E-state index contributed by atoms with van der Waals surface area (Å²) in [7, 11) is 1.04. The van der Waals surface area contributed by atoms with Gasteiger partial charge >= 0.3 is 7.12 Å². The molecule has 2 heterocycles. The van der Waals surface area contributed by atoms with Crippen LogP contribution in [0.25, 0.3) is 17.0 Å². The van der Waals surface area contributed by atoms with Gasteiger partial charge in [-0.05, 0) is 56.9 Å². The summed E-state index contributed by atoms with van der Waals surface area (Å²) in [6.07, 6.45) is 1.91. The maximum Gasteiger partial charge on any atom is 0.492 e. The van der Waals surface area contributed by atoms with Crippen LogP contribution in [-0.4, -0.2) is 42.1 Å². The summed E-state index contributed by atoms with van der Waals surface area (Å²) >= 11 is 0. The van der Waals surface area contributed by atoms with E-state index in [0.29, 0.717) is 11.4 Å². The molecule has 1 aliphatic rings. The van der Waals surface area contributed by atoms with Gasteiger partial charge in [0.1, 0.15) is 0 Å². The first kappa shape index (κ1) is 17.9. The second kappa shape index (κ2) is 6.44. The van der Waals surface area contributed by atoms with Gasteiger partial charge in [-0.3, -0.25) is 0 Å². The van der Waals surface area contributed by atoms with E-state index in [1.165, 1.54) is 0 Å². The molecule has 0 saturated carbocycles. The SMILES string of the molecule is COc1ccc2cc(C=C(CO)B3OC(C)(C)C(C)(C)O3)ccc2n1. The van der Waals surface area contributed by atoms with Crippen molar-refractivity contribution < 1.29 is 19.2 Å². The highest BCUT2D eigenvalue weighted by molar-refractivity contribution is 6.55. The number of pyridine rings is 1. The van der Waals surface area contributed by atoms with Gasteiger partial charge < -0.3 is 19.2 Å². The molecule has 0 radical (unpaired) electrons. The zero-order valence-electron chi connectivity index (χ0n) is 15.4. The number of fused-ring (bicyclic) bond motifs is 1. The third-order valence-corrected chi connectivity index (χ3v) is 4.99. The number of benzene rings is 1. The van der Waals surface area contributed by atoms with Gasteiger partial charge in [-0.15, -0.1) is 0 Å². The topological polar surface area (TPSA) is 60.8 Å². The van der Waals surface area contributed by atoms with Crippen molar-refractivity contribution in [3.05, 3.63) is 41.4 Å². The number of rotatable bonds is 4. The van der Waals surface area contributed by atoms with Gasteiger partial charge in [0.15, 0.2) is 0 Å². The number of nitrogens with zero attached hydrogens (tertiary/aromatic N) is 1. The van der Waals surface area contributed by atoms with E-state index in [2.05, 4.69) is 4.98 Å². The van der Waals surface area contributed by atoms with Gasteiger partial charge in [-0.2, -0.15) is 0 Å². The predicted molar refractivity (Wildman–Crippen MR) is 99.4 cm³/mol. The minimum atomic E-state index is -0.556. The first-order valence-electron chi connectivity index (χ1n) is 8.37. The van der Waals surface area contributed by atoms with E-state index in [-0.39, 0.29) is 6.61 Å². The van der Waals surface area contributed by atoms with Gasteiger partial charge in [0.2, 0.25) is 5.88 Å². The molecule has 0 spiro atoms. The summed E-state index contributed by atoms with van der Waals surface area (Å²) in [5.74, 6) is 0.587. The van der Waals surface area contributed by atoms with Crippen LogP contribution in [0.3, 0.4) is 0 Å². The zero-order chi connectivity index (χ0) is 18.2. The maximum absolute atomic E-state index is 9.81. The Hall–Kier alpha value is -1.89. The average molecular weight is 341 g/mol. The Morgan fingerprint density at radius 2 is 1.84 bits per heavy atom. The lowest BCUT2D eigenvalue weighted by Crippen LogP contribution is -2.41. The summed E-state index contributed by atoms with van der Waals surface area (Å²) < 4.78 is 17.2. The number of aromatic nitrogens is 1. The molecule has 1 aliphatic heterocycles. The lowest BCUT2D eigenvalue weighted by Gasteiger charge is -2.32. The second-order valence-electron chi connectivity index (χ2n) is 7.27. The van der Waals surface area contributed by atoms with E-state index < -0.39 is 18.3 Å². The molecule has 3 rings (SSSR count). The Morgan fingerprint density at radius 1 is 1.16 bits per heavy atom. The Kier molecular flexibility index (Phi) is 4.62. The van der Waals surface area contributed by atoms with Gasteiger partial charge in [-0.25, -0.2) is 4.98 Å². The fourth-order valence-electron chi connectivity index (χ4n) is 2.73. The van der Waals surface area contributed by atoms with E-state index in [1.807, 2.05) is 64.1 Å². The van der Waals surface area contributed by atoms with E-state index in [1.54, 1.807) is 7.11 Å². The monoisotopic (exact) mass is 341 g/mol. The quantitative estimate of drug-likeness (QED) is 0.865. The normalized spacial score (nSPS) is 19.4. The summed E-state index contributed by atoms with van der Waals surface area (Å²) in [5.41, 5.74) is 1.64. The highest BCUT2D eigenvalue weighted by atomic mass is 16.7. The minimum absolute atomic E-state index is 0.129. The minimum Gasteiger partial charge on any atom is -0.481 e. The Morgan fingerprint density at radius 3 is 2.44 bits per heavy atom. The Bertz CT molecular complexity index is 800. The van der Waals surface area contributed by atoms with Crippen LogP contribution in [0.15, 0.2) is 35.8 Å². The maximum atomic E-state index is 9.81. The number of hydrogen-bond acceptors (Lipinski definition) is 5. The molecule has 0 aliphatic carbocycles. The van der Waals surface area contributed by atoms with E-state index in [0.717, 1.165) is 16.5 Å². The third kappa shape index (κ3) is 3.42. The van der Waals surface area contributed by atoms with E-state index >= 15 is 0 Å². The van der Waals surface area contributed by atoms with Crippen molar-refractivity contribution >= 4 is 24.1 Å². The number of ether oxygens (including phenoxy) is 1. The molecular formula is C19H24BNO4. The highest BCUT2D eigenvalue weighted by Gasteiger charge is 2.52.